The quantitative estimate of drug-likeness (QED) is 0.753. The molecule has 0 amide bonds. The lowest BCUT2D eigenvalue weighted by molar-refractivity contribution is 0.110. The van der Waals surface area contributed by atoms with E-state index < -0.39 is 0 Å². The summed E-state index contributed by atoms with van der Waals surface area (Å²) >= 11 is 0. The summed E-state index contributed by atoms with van der Waals surface area (Å²) in [6, 6.07) is 8.98. The van der Waals surface area contributed by atoms with Gasteiger partial charge in [-0.05, 0) is 35.9 Å². The van der Waals surface area contributed by atoms with Crippen molar-refractivity contribution < 1.29 is 13.9 Å². The van der Waals surface area contributed by atoms with E-state index in [0.29, 0.717) is 17.8 Å². The monoisotopic (exact) mass is 228 g/mol. The maximum Gasteiger partial charge on any atom is 0.185 e. The smallest absolute Gasteiger partial charge is 0.185 e. The number of ether oxygens (including phenoxy) is 1. The molecular formula is C14H12O3. The number of aldehydes is 1. The van der Waals surface area contributed by atoms with Crippen molar-refractivity contribution in [2.24, 2.45) is 0 Å². The predicted octanol–water partition coefficient (Wildman–Crippen LogP) is 3.41. The standard InChI is InChI=1S/C14H12O3/c1-3-10-8-11(16-2)4-6-13(10)14-7-5-12(9-15)17-14/h3-9H,1H2,2H3. The van der Waals surface area contributed by atoms with Crippen LogP contribution in [0.2, 0.25) is 0 Å². The van der Waals surface area contributed by atoms with Gasteiger partial charge >= 0.3 is 0 Å². The van der Waals surface area contributed by atoms with Crippen LogP contribution in [0.5, 0.6) is 5.75 Å². The Morgan fingerprint density at radius 3 is 2.71 bits per heavy atom. The molecule has 1 heterocycles. The number of carbonyl (C=O) groups excluding carboxylic acids is 1. The Labute approximate surface area is 99.3 Å². The van der Waals surface area contributed by atoms with Crippen molar-refractivity contribution in [2.75, 3.05) is 7.11 Å². The van der Waals surface area contributed by atoms with Crippen LogP contribution in [-0.4, -0.2) is 13.4 Å². The van der Waals surface area contributed by atoms with E-state index in [2.05, 4.69) is 6.58 Å². The minimum Gasteiger partial charge on any atom is -0.497 e. The van der Waals surface area contributed by atoms with Gasteiger partial charge in [-0.25, -0.2) is 0 Å². The highest BCUT2D eigenvalue weighted by atomic mass is 16.5. The van der Waals surface area contributed by atoms with Crippen LogP contribution in [0.25, 0.3) is 17.4 Å². The Bertz CT molecular complexity index is 552. The van der Waals surface area contributed by atoms with Crippen molar-refractivity contribution in [1.29, 1.82) is 0 Å². The van der Waals surface area contributed by atoms with Crippen LogP contribution in [0.4, 0.5) is 0 Å². The fourth-order valence-corrected chi connectivity index (χ4v) is 1.62. The first kappa shape index (κ1) is 11.2. The minimum atomic E-state index is 0.311. The van der Waals surface area contributed by atoms with Crippen LogP contribution < -0.4 is 4.74 Å². The molecule has 0 spiro atoms. The van der Waals surface area contributed by atoms with Gasteiger partial charge < -0.3 is 9.15 Å². The van der Waals surface area contributed by atoms with E-state index >= 15 is 0 Å². The SMILES string of the molecule is C=Cc1cc(OC)ccc1-c1ccc(C=O)o1. The van der Waals surface area contributed by atoms with E-state index in [1.54, 1.807) is 25.3 Å². The molecule has 0 aliphatic carbocycles. The molecule has 0 saturated heterocycles. The minimum absolute atomic E-state index is 0.311. The van der Waals surface area contributed by atoms with E-state index in [0.717, 1.165) is 16.9 Å². The van der Waals surface area contributed by atoms with Gasteiger partial charge in [0.15, 0.2) is 12.0 Å². The van der Waals surface area contributed by atoms with Gasteiger partial charge in [-0.1, -0.05) is 12.7 Å². The number of rotatable bonds is 4. The fourth-order valence-electron chi connectivity index (χ4n) is 1.62. The molecule has 0 fully saturated rings. The number of methoxy groups -OCH3 is 1. The molecule has 0 N–H and O–H groups in total. The zero-order valence-electron chi connectivity index (χ0n) is 9.47. The molecule has 2 rings (SSSR count). The van der Waals surface area contributed by atoms with Gasteiger partial charge in [-0.15, -0.1) is 0 Å². The zero-order chi connectivity index (χ0) is 12.3. The van der Waals surface area contributed by atoms with Gasteiger partial charge in [-0.2, -0.15) is 0 Å². The molecule has 0 aliphatic rings. The highest BCUT2D eigenvalue weighted by molar-refractivity contribution is 5.76. The topological polar surface area (TPSA) is 39.4 Å². The molecule has 86 valence electrons. The second-order valence-corrected chi connectivity index (χ2v) is 3.48. The summed E-state index contributed by atoms with van der Waals surface area (Å²) in [5, 5.41) is 0. The average Bonchev–Trinajstić information content (AvgIpc) is 2.86. The Morgan fingerprint density at radius 1 is 1.29 bits per heavy atom. The third-order valence-corrected chi connectivity index (χ3v) is 2.49. The normalized spacial score (nSPS) is 9.94. The van der Waals surface area contributed by atoms with Crippen molar-refractivity contribution in [3.8, 4) is 17.1 Å². The van der Waals surface area contributed by atoms with E-state index in [1.807, 2.05) is 18.2 Å². The number of carbonyl (C=O) groups is 1. The van der Waals surface area contributed by atoms with Crippen molar-refractivity contribution in [3.63, 3.8) is 0 Å². The van der Waals surface area contributed by atoms with Crippen molar-refractivity contribution in [1.82, 2.24) is 0 Å². The van der Waals surface area contributed by atoms with Gasteiger partial charge in [0.1, 0.15) is 11.5 Å². The molecule has 3 nitrogen and oxygen atoms in total. The summed E-state index contributed by atoms with van der Waals surface area (Å²) in [7, 11) is 1.61. The van der Waals surface area contributed by atoms with Crippen molar-refractivity contribution >= 4 is 12.4 Å². The van der Waals surface area contributed by atoms with E-state index in [9.17, 15) is 4.79 Å². The number of hydrogen-bond donors (Lipinski definition) is 0. The van der Waals surface area contributed by atoms with Crippen LogP contribution in [0, 0.1) is 0 Å². The van der Waals surface area contributed by atoms with Crippen LogP contribution >= 0.6 is 0 Å². The molecule has 0 saturated carbocycles. The summed E-state index contributed by atoms with van der Waals surface area (Å²) in [4.78, 5) is 10.6. The second-order valence-electron chi connectivity index (χ2n) is 3.48. The van der Waals surface area contributed by atoms with E-state index in [1.165, 1.54) is 0 Å². The lowest BCUT2D eigenvalue weighted by atomic mass is 10.1. The lowest BCUT2D eigenvalue weighted by Gasteiger charge is -2.06. The highest BCUT2D eigenvalue weighted by Crippen LogP contribution is 2.29. The number of hydrogen-bond acceptors (Lipinski definition) is 3. The van der Waals surface area contributed by atoms with Crippen LogP contribution in [0.15, 0.2) is 41.3 Å². The Balaban J connectivity index is 2.50. The summed E-state index contributed by atoms with van der Waals surface area (Å²) in [6.07, 6.45) is 2.40. The molecule has 0 radical (unpaired) electrons. The van der Waals surface area contributed by atoms with Gasteiger partial charge in [0.2, 0.25) is 0 Å². The highest BCUT2D eigenvalue weighted by Gasteiger charge is 2.08. The Kier molecular flexibility index (Phi) is 3.10. The third-order valence-electron chi connectivity index (χ3n) is 2.49. The first-order valence-corrected chi connectivity index (χ1v) is 5.14. The fraction of sp³-hybridized carbons (Fsp3) is 0.0714. The van der Waals surface area contributed by atoms with Crippen molar-refractivity contribution in [2.45, 2.75) is 0 Å². The lowest BCUT2D eigenvalue weighted by Crippen LogP contribution is -1.86. The third kappa shape index (κ3) is 2.13. The van der Waals surface area contributed by atoms with Crippen LogP contribution in [0.3, 0.4) is 0 Å². The number of furan rings is 1. The van der Waals surface area contributed by atoms with Crippen LogP contribution in [-0.2, 0) is 0 Å². The van der Waals surface area contributed by atoms with Gasteiger partial charge in [0.05, 0.1) is 7.11 Å². The van der Waals surface area contributed by atoms with E-state index in [4.69, 9.17) is 9.15 Å². The van der Waals surface area contributed by atoms with Crippen molar-refractivity contribution in [3.05, 3.63) is 48.2 Å². The first-order chi connectivity index (χ1) is 8.28. The molecule has 1 aromatic heterocycles. The molecule has 0 atom stereocenters. The first-order valence-electron chi connectivity index (χ1n) is 5.14. The summed E-state index contributed by atoms with van der Waals surface area (Å²) in [5.74, 6) is 1.71. The van der Waals surface area contributed by atoms with Gasteiger partial charge in [-0.3, -0.25) is 4.79 Å². The molecule has 0 unspecified atom stereocenters. The van der Waals surface area contributed by atoms with E-state index in [-0.39, 0.29) is 0 Å². The summed E-state index contributed by atoms with van der Waals surface area (Å²) < 4.78 is 10.5. The van der Waals surface area contributed by atoms with Gasteiger partial charge in [0, 0.05) is 5.56 Å². The number of benzene rings is 1. The Morgan fingerprint density at radius 2 is 2.12 bits per heavy atom. The molecule has 3 heteroatoms. The predicted molar refractivity (Wildman–Crippen MR) is 66.2 cm³/mol. The van der Waals surface area contributed by atoms with Crippen LogP contribution in [0.1, 0.15) is 16.1 Å². The largest absolute Gasteiger partial charge is 0.497 e. The molecular weight excluding hydrogens is 216 g/mol. The maximum absolute atomic E-state index is 10.6. The molecule has 0 aliphatic heterocycles. The Hall–Kier alpha value is -2.29. The zero-order valence-corrected chi connectivity index (χ0v) is 9.47. The molecule has 17 heavy (non-hydrogen) atoms. The molecule has 0 bridgehead atoms. The molecule has 2 aromatic rings. The molecule has 1 aromatic carbocycles. The maximum atomic E-state index is 10.6. The summed E-state index contributed by atoms with van der Waals surface area (Å²) in [5.41, 5.74) is 1.78. The van der Waals surface area contributed by atoms with Gasteiger partial charge in [0.25, 0.3) is 0 Å². The summed E-state index contributed by atoms with van der Waals surface area (Å²) in [6.45, 7) is 3.75. The average molecular weight is 228 g/mol. The second kappa shape index (κ2) is 4.70.